The molecule has 0 radical (unpaired) electrons. The van der Waals surface area contributed by atoms with Crippen molar-refractivity contribution in [1.82, 2.24) is 15.2 Å². The van der Waals surface area contributed by atoms with Crippen LogP contribution < -0.4 is 15.6 Å². The van der Waals surface area contributed by atoms with E-state index in [9.17, 15) is 20.1 Å². The zero-order chi connectivity index (χ0) is 32.1. The third-order valence-electron chi connectivity index (χ3n) is 9.14. The molecule has 240 valence electrons. The van der Waals surface area contributed by atoms with Crippen molar-refractivity contribution in [3.8, 4) is 17.2 Å². The van der Waals surface area contributed by atoms with Gasteiger partial charge >= 0.3 is 0 Å². The molecule has 1 unspecified atom stereocenters. The van der Waals surface area contributed by atoms with Crippen molar-refractivity contribution in [3.63, 3.8) is 0 Å². The van der Waals surface area contributed by atoms with Crippen LogP contribution in [0.4, 0.5) is 0 Å². The number of aliphatic hydroxyl groups is 1. The van der Waals surface area contributed by atoms with Crippen LogP contribution in [0.25, 0.3) is 10.9 Å². The summed E-state index contributed by atoms with van der Waals surface area (Å²) in [4.78, 5) is 18.0. The number of phenols is 2. The molecule has 6 rings (SSSR count). The average Bonchev–Trinajstić information content (AvgIpc) is 3.61. The van der Waals surface area contributed by atoms with E-state index in [2.05, 4.69) is 45.8 Å². The number of ether oxygens (including phenoxy) is 1. The van der Waals surface area contributed by atoms with Gasteiger partial charge in [-0.25, -0.2) is 0 Å². The molecule has 5 N–H and O–H groups in total. The van der Waals surface area contributed by atoms with Crippen molar-refractivity contribution < 1.29 is 20.1 Å². The van der Waals surface area contributed by atoms with Crippen molar-refractivity contribution in [3.05, 3.63) is 122 Å². The first-order valence-corrected chi connectivity index (χ1v) is 16.7. The average molecular weight is 640 g/mol. The largest absolute Gasteiger partial charge is 0.508 e. The standard InChI is InChI=1S/C37H41N3O5S/c1-40-18-16-37(17-19-40,34-5-3-21-46-34)30-22-25(8-13-31(30)41)4-2-20-45-27-9-6-26(7-10-27)23-38-24-33(43)28-11-14-32(42)36-29(28)12-15-35(44)39-36/h3,5-15,21-22,33,38,41-43H,2,4,16-20,23-24H2,1H3,(H,39,44). The van der Waals surface area contributed by atoms with E-state index < -0.39 is 6.10 Å². The summed E-state index contributed by atoms with van der Waals surface area (Å²) in [5.74, 6) is 1.16. The molecular formula is C37H41N3O5S. The van der Waals surface area contributed by atoms with Gasteiger partial charge in [-0.3, -0.25) is 4.79 Å². The normalized spacial score (nSPS) is 15.6. The second-order valence-corrected chi connectivity index (χ2v) is 13.2. The van der Waals surface area contributed by atoms with Crippen LogP contribution in [0.5, 0.6) is 17.2 Å². The van der Waals surface area contributed by atoms with Crippen LogP contribution in [-0.2, 0) is 18.4 Å². The second-order valence-electron chi connectivity index (χ2n) is 12.2. The molecular weight excluding hydrogens is 598 g/mol. The number of phenolic OH excluding ortho intramolecular Hbond substituents is 2. The molecule has 1 aliphatic heterocycles. The highest BCUT2D eigenvalue weighted by molar-refractivity contribution is 7.10. The number of nitrogens with one attached hydrogen (secondary N) is 2. The lowest BCUT2D eigenvalue weighted by atomic mass is 9.71. The Hall–Kier alpha value is -4.15. The molecule has 3 heterocycles. The van der Waals surface area contributed by atoms with Crippen LogP contribution in [-0.4, -0.2) is 58.5 Å². The Morgan fingerprint density at radius 3 is 2.50 bits per heavy atom. The third kappa shape index (κ3) is 6.98. The zero-order valence-electron chi connectivity index (χ0n) is 26.0. The molecule has 0 bridgehead atoms. The molecule has 1 atom stereocenters. The maximum Gasteiger partial charge on any atom is 0.248 e. The molecule has 46 heavy (non-hydrogen) atoms. The number of piperidine rings is 1. The van der Waals surface area contributed by atoms with Crippen LogP contribution >= 0.6 is 11.3 Å². The molecule has 5 aromatic rings. The predicted molar refractivity (Wildman–Crippen MR) is 183 cm³/mol. The summed E-state index contributed by atoms with van der Waals surface area (Å²) < 4.78 is 6.04. The summed E-state index contributed by atoms with van der Waals surface area (Å²) >= 11 is 1.78. The van der Waals surface area contributed by atoms with Crippen molar-refractivity contribution >= 4 is 22.2 Å². The van der Waals surface area contributed by atoms with Gasteiger partial charge in [0.05, 0.1) is 18.2 Å². The number of rotatable bonds is 12. The first-order chi connectivity index (χ1) is 22.3. The lowest BCUT2D eigenvalue weighted by Crippen LogP contribution is -2.41. The fourth-order valence-corrected chi connectivity index (χ4v) is 7.50. The third-order valence-corrected chi connectivity index (χ3v) is 10.2. The minimum Gasteiger partial charge on any atom is -0.508 e. The second kappa shape index (κ2) is 14.1. The van der Waals surface area contributed by atoms with E-state index in [1.807, 2.05) is 36.4 Å². The number of pyridine rings is 1. The first-order valence-electron chi connectivity index (χ1n) is 15.8. The maximum atomic E-state index is 11.7. The lowest BCUT2D eigenvalue weighted by molar-refractivity contribution is 0.176. The van der Waals surface area contributed by atoms with Gasteiger partial charge in [-0.05, 0) is 104 Å². The molecule has 9 heteroatoms. The van der Waals surface area contributed by atoms with Crippen LogP contribution in [0.3, 0.4) is 0 Å². The van der Waals surface area contributed by atoms with Gasteiger partial charge in [-0.15, -0.1) is 11.3 Å². The Balaban J connectivity index is 0.993. The van der Waals surface area contributed by atoms with Gasteiger partial charge in [0.1, 0.15) is 17.2 Å². The number of hydrogen-bond donors (Lipinski definition) is 5. The molecule has 0 amide bonds. The van der Waals surface area contributed by atoms with Crippen LogP contribution in [0.1, 0.15) is 52.5 Å². The number of aliphatic hydroxyl groups excluding tert-OH is 1. The maximum absolute atomic E-state index is 11.7. The van der Waals surface area contributed by atoms with E-state index in [1.165, 1.54) is 22.6 Å². The van der Waals surface area contributed by atoms with Gasteiger partial charge < -0.3 is 35.3 Å². The molecule has 2 aromatic heterocycles. The van der Waals surface area contributed by atoms with Gasteiger partial charge in [0.15, 0.2) is 0 Å². The monoisotopic (exact) mass is 639 g/mol. The number of aromatic hydroxyl groups is 2. The van der Waals surface area contributed by atoms with E-state index in [-0.39, 0.29) is 16.7 Å². The summed E-state index contributed by atoms with van der Waals surface area (Å²) in [6, 6.07) is 24.5. The Bertz CT molecular complexity index is 1810. The molecule has 8 nitrogen and oxygen atoms in total. The Labute approximate surface area is 272 Å². The topological polar surface area (TPSA) is 118 Å². The number of aromatic amines is 1. The fraction of sp³-hybridized carbons (Fsp3) is 0.324. The SMILES string of the molecule is CN1CCC(c2cccs2)(c2cc(CCCOc3ccc(CNCC(O)c4ccc(O)c5[nH]c(=O)ccc45)cc3)ccc2O)CC1. The number of H-pyrrole nitrogens is 1. The van der Waals surface area contributed by atoms with Gasteiger partial charge in [0.2, 0.25) is 5.56 Å². The van der Waals surface area contributed by atoms with Crippen LogP contribution in [0, 0.1) is 0 Å². The van der Waals surface area contributed by atoms with Crippen molar-refractivity contribution in [2.75, 3.05) is 33.3 Å². The van der Waals surface area contributed by atoms with Gasteiger partial charge in [0, 0.05) is 40.4 Å². The minimum absolute atomic E-state index is 0.0285. The highest BCUT2D eigenvalue weighted by atomic mass is 32.1. The molecule has 3 aromatic carbocycles. The fourth-order valence-electron chi connectivity index (χ4n) is 6.50. The number of benzene rings is 3. The summed E-state index contributed by atoms with van der Waals surface area (Å²) in [6.07, 6.45) is 2.90. The van der Waals surface area contributed by atoms with E-state index in [1.54, 1.807) is 23.5 Å². The molecule has 0 spiro atoms. The van der Waals surface area contributed by atoms with Gasteiger partial charge in [-0.1, -0.05) is 36.4 Å². The first kappa shape index (κ1) is 31.8. The number of hydrogen-bond acceptors (Lipinski definition) is 8. The Kier molecular flexibility index (Phi) is 9.75. The summed E-state index contributed by atoms with van der Waals surface area (Å²) in [6.45, 7) is 3.48. The number of likely N-dealkylation sites (tertiary alicyclic amines) is 1. The van der Waals surface area contributed by atoms with Crippen molar-refractivity contribution in [2.24, 2.45) is 0 Å². The molecule has 1 saturated heterocycles. The van der Waals surface area contributed by atoms with Gasteiger partial charge in [0.25, 0.3) is 0 Å². The molecule has 1 aliphatic rings. The Morgan fingerprint density at radius 2 is 1.74 bits per heavy atom. The number of aryl methyl sites for hydroxylation is 1. The number of nitrogens with zero attached hydrogens (tertiary/aromatic N) is 1. The lowest BCUT2D eigenvalue weighted by Gasteiger charge is -2.41. The molecule has 0 aliphatic carbocycles. The number of fused-ring (bicyclic) bond motifs is 1. The summed E-state index contributed by atoms with van der Waals surface area (Å²) in [5, 5.41) is 37.9. The minimum atomic E-state index is -0.813. The highest BCUT2D eigenvalue weighted by Gasteiger charge is 2.40. The number of thiophene rings is 1. The molecule has 0 saturated carbocycles. The number of aromatic nitrogens is 1. The van der Waals surface area contributed by atoms with Crippen molar-refractivity contribution in [2.45, 2.75) is 43.7 Å². The summed E-state index contributed by atoms with van der Waals surface area (Å²) in [5.41, 5.74) is 3.82. The Morgan fingerprint density at radius 1 is 0.978 bits per heavy atom. The predicted octanol–water partition coefficient (Wildman–Crippen LogP) is 5.85. The van der Waals surface area contributed by atoms with Gasteiger partial charge in [-0.2, -0.15) is 0 Å². The van der Waals surface area contributed by atoms with Crippen LogP contribution in [0.2, 0.25) is 0 Å². The smallest absolute Gasteiger partial charge is 0.248 e. The van der Waals surface area contributed by atoms with Crippen LogP contribution in [0.15, 0.2) is 89.0 Å². The highest BCUT2D eigenvalue weighted by Crippen LogP contribution is 2.47. The van der Waals surface area contributed by atoms with E-state index in [0.717, 1.165) is 55.6 Å². The quantitative estimate of drug-likeness (QED) is 0.109. The zero-order valence-corrected chi connectivity index (χ0v) is 26.9. The summed E-state index contributed by atoms with van der Waals surface area (Å²) in [7, 11) is 2.17. The van der Waals surface area contributed by atoms with E-state index >= 15 is 0 Å². The van der Waals surface area contributed by atoms with Crippen molar-refractivity contribution in [1.29, 1.82) is 0 Å². The molecule has 1 fully saturated rings. The van der Waals surface area contributed by atoms with E-state index in [0.29, 0.717) is 41.9 Å². The van der Waals surface area contributed by atoms with E-state index in [4.69, 9.17) is 4.74 Å².